The number of rotatable bonds is 5. The second kappa shape index (κ2) is 7.96. The molecular weight excluding hydrogens is 359 g/mol. The Morgan fingerprint density at radius 3 is 2.56 bits per heavy atom. The van der Waals surface area contributed by atoms with Crippen LogP contribution in [0.3, 0.4) is 0 Å². The number of halogens is 2. The van der Waals surface area contributed by atoms with Crippen LogP contribution >= 0.6 is 23.2 Å². The number of aromatic nitrogens is 2. The van der Waals surface area contributed by atoms with Crippen molar-refractivity contribution >= 4 is 40.5 Å². The van der Waals surface area contributed by atoms with Crippen LogP contribution in [0.4, 0.5) is 11.4 Å². The summed E-state index contributed by atoms with van der Waals surface area (Å²) < 4.78 is 0. The first-order chi connectivity index (χ1) is 12.1. The first-order valence-corrected chi connectivity index (χ1v) is 8.23. The summed E-state index contributed by atoms with van der Waals surface area (Å²) in [6, 6.07) is 12.3. The van der Waals surface area contributed by atoms with Crippen molar-refractivity contribution in [3.05, 3.63) is 82.4 Å². The number of para-hydroxylation sites is 1. The van der Waals surface area contributed by atoms with Crippen LogP contribution in [-0.2, 0) is 6.54 Å². The van der Waals surface area contributed by atoms with Gasteiger partial charge in [0.1, 0.15) is 5.69 Å². The number of nitrogens with one attached hydrogen (secondary N) is 2. The summed E-state index contributed by atoms with van der Waals surface area (Å²) in [5, 5.41) is 6.91. The first kappa shape index (κ1) is 17.2. The molecule has 1 amide bonds. The largest absolute Gasteiger partial charge is 0.353 e. The lowest BCUT2D eigenvalue weighted by Crippen LogP contribution is -2.23. The van der Waals surface area contributed by atoms with E-state index in [0.717, 1.165) is 5.56 Å². The molecule has 3 rings (SSSR count). The number of amides is 1. The summed E-state index contributed by atoms with van der Waals surface area (Å²) in [5.41, 5.74) is 2.44. The van der Waals surface area contributed by atoms with Gasteiger partial charge in [-0.3, -0.25) is 14.8 Å². The van der Waals surface area contributed by atoms with Gasteiger partial charge in [0.15, 0.2) is 0 Å². The normalized spacial score (nSPS) is 10.3. The van der Waals surface area contributed by atoms with Gasteiger partial charge in [-0.05, 0) is 35.9 Å². The van der Waals surface area contributed by atoms with Gasteiger partial charge in [0.2, 0.25) is 0 Å². The van der Waals surface area contributed by atoms with Crippen molar-refractivity contribution in [2.75, 3.05) is 5.32 Å². The van der Waals surface area contributed by atoms with Crippen LogP contribution in [0, 0.1) is 0 Å². The maximum atomic E-state index is 12.3. The monoisotopic (exact) mass is 372 g/mol. The number of nitrogens with zero attached hydrogens (tertiary/aromatic N) is 2. The predicted octanol–water partition coefficient (Wildman–Crippen LogP) is 4.46. The third-order valence-corrected chi connectivity index (χ3v) is 4.03. The summed E-state index contributed by atoms with van der Waals surface area (Å²) in [5.74, 6) is -0.280. The Hall–Kier alpha value is -2.63. The molecule has 126 valence electrons. The highest BCUT2D eigenvalue weighted by Crippen LogP contribution is 2.32. The maximum absolute atomic E-state index is 12.3. The van der Waals surface area contributed by atoms with Crippen LogP contribution in [-0.4, -0.2) is 15.9 Å². The lowest BCUT2D eigenvalue weighted by Gasteiger charge is -2.11. The summed E-state index contributed by atoms with van der Waals surface area (Å²) in [6.07, 6.45) is 4.93. The zero-order chi connectivity index (χ0) is 17.6. The van der Waals surface area contributed by atoms with Crippen molar-refractivity contribution in [3.8, 4) is 0 Å². The van der Waals surface area contributed by atoms with Crippen LogP contribution in [0.2, 0.25) is 10.0 Å². The molecule has 0 aliphatic rings. The van der Waals surface area contributed by atoms with Crippen molar-refractivity contribution in [2.24, 2.45) is 0 Å². The van der Waals surface area contributed by atoms with Crippen LogP contribution < -0.4 is 10.6 Å². The molecule has 0 saturated carbocycles. The highest BCUT2D eigenvalue weighted by Gasteiger charge is 2.10. The fourth-order valence-electron chi connectivity index (χ4n) is 2.17. The Kier molecular flexibility index (Phi) is 5.48. The zero-order valence-electron chi connectivity index (χ0n) is 13.0. The number of hydrogen-bond donors (Lipinski definition) is 2. The third kappa shape index (κ3) is 4.47. The third-order valence-electron chi connectivity index (χ3n) is 3.40. The molecule has 0 unspecified atom stereocenters. The van der Waals surface area contributed by atoms with Gasteiger partial charge in [0, 0.05) is 30.8 Å². The van der Waals surface area contributed by atoms with Crippen molar-refractivity contribution in [1.29, 1.82) is 0 Å². The minimum Gasteiger partial charge on any atom is -0.353 e. The van der Waals surface area contributed by atoms with Gasteiger partial charge in [-0.1, -0.05) is 35.3 Å². The average Bonchev–Trinajstić information content (AvgIpc) is 2.64. The standard InChI is InChI=1S/C18H14Cl2N4O/c19-14-4-1-5-15(20)17(14)24-13-6-8-22-16(9-13)18(25)23-11-12-3-2-7-21-10-12/h1-10H,11H2,(H,22,24)(H,23,25). The zero-order valence-corrected chi connectivity index (χ0v) is 14.6. The molecule has 25 heavy (non-hydrogen) atoms. The quantitative estimate of drug-likeness (QED) is 0.693. The lowest BCUT2D eigenvalue weighted by atomic mass is 10.2. The molecule has 0 fully saturated rings. The number of carbonyl (C=O) groups excluding carboxylic acids is 1. The second-order valence-corrected chi connectivity index (χ2v) is 6.01. The molecule has 0 bridgehead atoms. The van der Waals surface area contributed by atoms with Crippen LogP contribution in [0.1, 0.15) is 16.1 Å². The van der Waals surface area contributed by atoms with E-state index in [0.29, 0.717) is 28.0 Å². The van der Waals surface area contributed by atoms with E-state index in [2.05, 4.69) is 20.6 Å². The molecule has 0 saturated heterocycles. The number of anilines is 2. The van der Waals surface area contributed by atoms with Crippen LogP contribution in [0.5, 0.6) is 0 Å². The van der Waals surface area contributed by atoms with Crippen molar-refractivity contribution in [2.45, 2.75) is 6.54 Å². The summed E-state index contributed by atoms with van der Waals surface area (Å²) in [6.45, 7) is 0.377. The highest BCUT2D eigenvalue weighted by molar-refractivity contribution is 6.39. The topological polar surface area (TPSA) is 66.9 Å². The van der Waals surface area contributed by atoms with E-state index in [1.165, 1.54) is 0 Å². The van der Waals surface area contributed by atoms with E-state index in [1.807, 2.05) is 12.1 Å². The SMILES string of the molecule is O=C(NCc1cccnc1)c1cc(Nc2c(Cl)cccc2Cl)ccn1. The minimum absolute atomic E-state index is 0.280. The molecular formula is C18H14Cl2N4O. The van der Waals surface area contributed by atoms with E-state index in [-0.39, 0.29) is 11.6 Å². The highest BCUT2D eigenvalue weighted by atomic mass is 35.5. The molecule has 2 N–H and O–H groups in total. The van der Waals surface area contributed by atoms with Gasteiger partial charge in [0.05, 0.1) is 15.7 Å². The van der Waals surface area contributed by atoms with E-state index < -0.39 is 0 Å². The molecule has 5 nitrogen and oxygen atoms in total. The number of benzene rings is 1. The van der Waals surface area contributed by atoms with Crippen LogP contribution in [0.15, 0.2) is 61.1 Å². The number of hydrogen-bond acceptors (Lipinski definition) is 4. The molecule has 1 aromatic carbocycles. The van der Waals surface area contributed by atoms with Crippen LogP contribution in [0.25, 0.3) is 0 Å². The minimum atomic E-state index is -0.280. The summed E-state index contributed by atoms with van der Waals surface area (Å²) in [4.78, 5) is 20.4. The molecule has 2 aromatic heterocycles. The number of carbonyl (C=O) groups is 1. The molecule has 0 atom stereocenters. The first-order valence-electron chi connectivity index (χ1n) is 7.47. The fourth-order valence-corrected chi connectivity index (χ4v) is 2.66. The maximum Gasteiger partial charge on any atom is 0.270 e. The molecule has 0 spiro atoms. The van der Waals surface area contributed by atoms with Crippen molar-refractivity contribution < 1.29 is 4.79 Å². The fraction of sp³-hybridized carbons (Fsp3) is 0.0556. The molecule has 0 radical (unpaired) electrons. The summed E-state index contributed by atoms with van der Waals surface area (Å²) in [7, 11) is 0. The van der Waals surface area contributed by atoms with E-state index in [1.54, 1.807) is 48.9 Å². The van der Waals surface area contributed by atoms with E-state index >= 15 is 0 Å². The molecule has 0 aliphatic heterocycles. The van der Waals surface area contributed by atoms with Gasteiger partial charge in [-0.25, -0.2) is 0 Å². The van der Waals surface area contributed by atoms with Crippen molar-refractivity contribution in [3.63, 3.8) is 0 Å². The number of pyridine rings is 2. The second-order valence-electron chi connectivity index (χ2n) is 5.20. The van der Waals surface area contributed by atoms with Gasteiger partial charge in [-0.2, -0.15) is 0 Å². The Labute approximate surface area is 155 Å². The average molecular weight is 373 g/mol. The summed E-state index contributed by atoms with van der Waals surface area (Å²) >= 11 is 12.3. The van der Waals surface area contributed by atoms with E-state index in [9.17, 15) is 4.79 Å². The molecule has 7 heteroatoms. The van der Waals surface area contributed by atoms with Gasteiger partial charge in [0.25, 0.3) is 5.91 Å². The Morgan fingerprint density at radius 2 is 1.84 bits per heavy atom. The van der Waals surface area contributed by atoms with E-state index in [4.69, 9.17) is 23.2 Å². The van der Waals surface area contributed by atoms with Gasteiger partial charge in [-0.15, -0.1) is 0 Å². The predicted molar refractivity (Wildman–Crippen MR) is 99.4 cm³/mol. The smallest absolute Gasteiger partial charge is 0.270 e. The van der Waals surface area contributed by atoms with Gasteiger partial charge >= 0.3 is 0 Å². The van der Waals surface area contributed by atoms with Crippen molar-refractivity contribution in [1.82, 2.24) is 15.3 Å². The Morgan fingerprint density at radius 1 is 1.04 bits per heavy atom. The molecule has 2 heterocycles. The Bertz CT molecular complexity index is 867. The molecule has 0 aliphatic carbocycles. The lowest BCUT2D eigenvalue weighted by molar-refractivity contribution is 0.0946. The Balaban J connectivity index is 1.72. The van der Waals surface area contributed by atoms with Gasteiger partial charge < -0.3 is 10.6 Å². The molecule has 3 aromatic rings.